The van der Waals surface area contributed by atoms with E-state index in [-0.39, 0.29) is 17.0 Å². The van der Waals surface area contributed by atoms with Crippen LogP contribution < -0.4 is 20.7 Å². The lowest BCUT2D eigenvalue weighted by Crippen LogP contribution is -2.53. The number of nitrogens with two attached hydrogens (primary N) is 1. The summed E-state index contributed by atoms with van der Waals surface area (Å²) in [5, 5.41) is 7.40. The molecule has 1 aromatic carbocycles. The van der Waals surface area contributed by atoms with Crippen molar-refractivity contribution in [1.82, 2.24) is 19.5 Å². The van der Waals surface area contributed by atoms with Gasteiger partial charge >= 0.3 is 0 Å². The summed E-state index contributed by atoms with van der Waals surface area (Å²) < 4.78 is 7.82. The second kappa shape index (κ2) is 8.25. The number of amides is 1. The Morgan fingerprint density at radius 1 is 1.24 bits per heavy atom. The standard InChI is InChI=1S/C25H33N7O2/c1-24(2,26)16-30-8-10-31(11-9-30)20-13-21-17(14-25(3,4)34-21)12-19(20)29-23(33)18-15-28-32-7-5-6-27-22(18)32/h5-7,12-13,15H,8-11,14,16,26H2,1-4H3,(H,29,33). The molecule has 180 valence electrons. The second-order valence-corrected chi connectivity index (χ2v) is 10.7. The molecule has 3 aromatic rings. The maximum atomic E-state index is 13.3. The average Bonchev–Trinajstić information content (AvgIpc) is 3.31. The molecule has 0 unspecified atom stereocenters. The van der Waals surface area contributed by atoms with Gasteiger partial charge in [0.2, 0.25) is 0 Å². The smallest absolute Gasteiger partial charge is 0.261 e. The first-order valence-corrected chi connectivity index (χ1v) is 11.8. The zero-order chi connectivity index (χ0) is 24.1. The summed E-state index contributed by atoms with van der Waals surface area (Å²) >= 11 is 0. The number of hydrogen-bond acceptors (Lipinski definition) is 7. The van der Waals surface area contributed by atoms with Crippen molar-refractivity contribution in [2.45, 2.75) is 45.3 Å². The Balaban J connectivity index is 1.43. The van der Waals surface area contributed by atoms with E-state index in [9.17, 15) is 4.79 Å². The van der Waals surface area contributed by atoms with Crippen molar-refractivity contribution in [1.29, 1.82) is 0 Å². The van der Waals surface area contributed by atoms with Crippen LogP contribution in [0.5, 0.6) is 5.75 Å². The Bertz CT molecular complexity index is 1220. The fourth-order valence-electron chi connectivity index (χ4n) is 4.90. The molecule has 0 saturated carbocycles. The van der Waals surface area contributed by atoms with Crippen LogP contribution in [0.25, 0.3) is 5.65 Å². The molecule has 1 amide bonds. The summed E-state index contributed by atoms with van der Waals surface area (Å²) in [7, 11) is 0. The fourth-order valence-corrected chi connectivity index (χ4v) is 4.90. The summed E-state index contributed by atoms with van der Waals surface area (Å²) in [4.78, 5) is 22.3. The minimum Gasteiger partial charge on any atom is -0.487 e. The quantitative estimate of drug-likeness (QED) is 0.600. The highest BCUT2D eigenvalue weighted by atomic mass is 16.5. The van der Waals surface area contributed by atoms with Gasteiger partial charge in [-0.25, -0.2) is 9.50 Å². The number of nitrogens with one attached hydrogen (secondary N) is 1. The Kier molecular flexibility index (Phi) is 5.49. The number of hydrogen-bond donors (Lipinski definition) is 2. The third-order valence-electron chi connectivity index (χ3n) is 6.30. The third kappa shape index (κ3) is 4.58. The highest BCUT2D eigenvalue weighted by Gasteiger charge is 2.33. The maximum absolute atomic E-state index is 13.3. The molecule has 9 heteroatoms. The largest absolute Gasteiger partial charge is 0.487 e. The minimum atomic E-state index is -0.264. The number of aromatic nitrogens is 3. The van der Waals surface area contributed by atoms with Crippen LogP contribution in [-0.2, 0) is 6.42 Å². The predicted octanol–water partition coefficient (Wildman–Crippen LogP) is 2.55. The molecule has 4 heterocycles. The number of rotatable bonds is 5. The highest BCUT2D eigenvalue weighted by Crippen LogP contribution is 2.42. The first-order valence-electron chi connectivity index (χ1n) is 11.8. The number of carbonyl (C=O) groups is 1. The Morgan fingerprint density at radius 3 is 2.74 bits per heavy atom. The van der Waals surface area contributed by atoms with Crippen molar-refractivity contribution in [3.63, 3.8) is 0 Å². The van der Waals surface area contributed by atoms with Crippen LogP contribution in [0, 0.1) is 0 Å². The molecule has 1 fully saturated rings. The number of carbonyl (C=O) groups excluding carboxylic acids is 1. The number of fused-ring (bicyclic) bond motifs is 2. The zero-order valence-electron chi connectivity index (χ0n) is 20.3. The number of benzene rings is 1. The van der Waals surface area contributed by atoms with Gasteiger partial charge in [-0.1, -0.05) is 0 Å². The van der Waals surface area contributed by atoms with Crippen LogP contribution in [0.4, 0.5) is 11.4 Å². The molecule has 0 bridgehead atoms. The fraction of sp³-hybridized carbons (Fsp3) is 0.480. The van der Waals surface area contributed by atoms with E-state index >= 15 is 0 Å². The second-order valence-electron chi connectivity index (χ2n) is 10.7. The lowest BCUT2D eigenvalue weighted by atomic mass is 10.0. The monoisotopic (exact) mass is 463 g/mol. The molecule has 0 radical (unpaired) electrons. The van der Waals surface area contributed by atoms with Crippen molar-refractivity contribution in [3.8, 4) is 5.75 Å². The van der Waals surface area contributed by atoms with Gasteiger partial charge in [0.15, 0.2) is 5.65 Å². The molecule has 0 aliphatic carbocycles. The van der Waals surface area contributed by atoms with Crippen molar-refractivity contribution in [2.75, 3.05) is 42.9 Å². The van der Waals surface area contributed by atoms with E-state index in [4.69, 9.17) is 10.5 Å². The molecule has 2 aromatic heterocycles. The van der Waals surface area contributed by atoms with E-state index < -0.39 is 0 Å². The van der Waals surface area contributed by atoms with Gasteiger partial charge in [0.1, 0.15) is 16.9 Å². The molecule has 9 nitrogen and oxygen atoms in total. The van der Waals surface area contributed by atoms with E-state index in [1.165, 1.54) is 0 Å². The summed E-state index contributed by atoms with van der Waals surface area (Å²) in [6, 6.07) is 5.93. The van der Waals surface area contributed by atoms with Crippen LogP contribution in [0.15, 0.2) is 36.8 Å². The Morgan fingerprint density at radius 2 is 2.00 bits per heavy atom. The normalized spacial score (nSPS) is 18.1. The molecule has 1 saturated heterocycles. The average molecular weight is 464 g/mol. The van der Waals surface area contributed by atoms with E-state index in [0.29, 0.717) is 11.2 Å². The van der Waals surface area contributed by atoms with Gasteiger partial charge in [-0.05, 0) is 39.8 Å². The summed E-state index contributed by atoms with van der Waals surface area (Å²) in [6.07, 6.45) is 5.80. The minimum absolute atomic E-state index is 0.225. The molecule has 5 rings (SSSR count). The van der Waals surface area contributed by atoms with Crippen LogP contribution in [0.3, 0.4) is 0 Å². The molecular formula is C25H33N7O2. The number of ether oxygens (including phenoxy) is 1. The molecule has 34 heavy (non-hydrogen) atoms. The lowest BCUT2D eigenvalue weighted by Gasteiger charge is -2.39. The van der Waals surface area contributed by atoms with Crippen molar-refractivity contribution in [3.05, 3.63) is 47.9 Å². The van der Waals surface area contributed by atoms with Crippen LogP contribution in [-0.4, -0.2) is 69.3 Å². The van der Waals surface area contributed by atoms with E-state index in [2.05, 4.69) is 65.0 Å². The topological polar surface area (TPSA) is 101 Å². The van der Waals surface area contributed by atoms with Crippen molar-refractivity contribution >= 4 is 22.9 Å². The van der Waals surface area contributed by atoms with Crippen LogP contribution in [0.1, 0.15) is 43.6 Å². The highest BCUT2D eigenvalue weighted by molar-refractivity contribution is 6.09. The SMILES string of the molecule is CC(C)(N)CN1CCN(c2cc3c(cc2NC(=O)c2cnn4cccnc24)CC(C)(C)O3)CC1. The Labute approximate surface area is 199 Å². The molecule has 0 spiro atoms. The van der Waals surface area contributed by atoms with Gasteiger partial charge in [0, 0.05) is 68.7 Å². The lowest BCUT2D eigenvalue weighted by molar-refractivity contribution is 0.102. The summed E-state index contributed by atoms with van der Waals surface area (Å²) in [5.41, 5.74) is 9.58. The van der Waals surface area contributed by atoms with E-state index in [1.54, 1.807) is 29.2 Å². The van der Waals surface area contributed by atoms with E-state index in [0.717, 1.165) is 61.8 Å². The van der Waals surface area contributed by atoms with Gasteiger partial charge in [0.05, 0.1) is 17.6 Å². The summed E-state index contributed by atoms with van der Waals surface area (Å²) in [5.74, 6) is 0.665. The van der Waals surface area contributed by atoms with Crippen LogP contribution >= 0.6 is 0 Å². The van der Waals surface area contributed by atoms with Crippen molar-refractivity contribution < 1.29 is 9.53 Å². The zero-order valence-corrected chi connectivity index (χ0v) is 20.3. The molecule has 2 aliphatic rings. The van der Waals surface area contributed by atoms with Gasteiger partial charge in [-0.3, -0.25) is 9.69 Å². The van der Waals surface area contributed by atoms with Gasteiger partial charge in [-0.2, -0.15) is 5.10 Å². The number of anilines is 2. The maximum Gasteiger partial charge on any atom is 0.261 e. The van der Waals surface area contributed by atoms with Gasteiger partial charge in [-0.15, -0.1) is 0 Å². The molecule has 2 aliphatic heterocycles. The predicted molar refractivity (Wildman–Crippen MR) is 133 cm³/mol. The molecule has 0 atom stereocenters. The molecule has 3 N–H and O–H groups in total. The van der Waals surface area contributed by atoms with Gasteiger partial charge < -0.3 is 20.7 Å². The van der Waals surface area contributed by atoms with Crippen molar-refractivity contribution in [2.24, 2.45) is 5.73 Å². The summed E-state index contributed by atoms with van der Waals surface area (Å²) in [6.45, 7) is 12.7. The Hall–Kier alpha value is -3.17. The first-order chi connectivity index (χ1) is 16.1. The number of piperazine rings is 1. The molecular weight excluding hydrogens is 430 g/mol. The van der Waals surface area contributed by atoms with Crippen LogP contribution in [0.2, 0.25) is 0 Å². The third-order valence-corrected chi connectivity index (χ3v) is 6.30. The van der Waals surface area contributed by atoms with E-state index in [1.807, 2.05) is 0 Å². The van der Waals surface area contributed by atoms with Gasteiger partial charge in [0.25, 0.3) is 5.91 Å². The first kappa shape index (κ1) is 22.6. The number of nitrogens with zero attached hydrogens (tertiary/aromatic N) is 5.